The summed E-state index contributed by atoms with van der Waals surface area (Å²) in [6.45, 7) is 2.06. The molecular weight excluding hydrogens is 368 g/mol. The molecular formula is C19H24N2O5S. The number of hydrogen-bond donors (Lipinski definition) is 0. The average Bonchev–Trinajstić information content (AvgIpc) is 2.68. The van der Waals surface area contributed by atoms with Gasteiger partial charge in [0, 0.05) is 25.8 Å². The molecule has 0 atom stereocenters. The van der Waals surface area contributed by atoms with Crippen molar-refractivity contribution < 1.29 is 22.7 Å². The number of hydrogen-bond acceptors (Lipinski definition) is 5. The van der Waals surface area contributed by atoms with Crippen LogP contribution >= 0.6 is 0 Å². The fourth-order valence-electron chi connectivity index (χ4n) is 2.40. The van der Waals surface area contributed by atoms with Crippen molar-refractivity contribution in [1.29, 1.82) is 0 Å². The monoisotopic (exact) mass is 392 g/mol. The third-order valence-electron chi connectivity index (χ3n) is 4.02. The number of likely N-dealkylation sites (N-methyl/N-ethyl adjacent to an activating group) is 2. The first-order chi connectivity index (χ1) is 12.8. The minimum absolute atomic E-state index is 0.102. The van der Waals surface area contributed by atoms with Gasteiger partial charge in [-0.25, -0.2) is 8.42 Å². The standard InChI is InChI=1S/C19H24N2O5S/c1-5-26-16-9-11-18(12-10-16)27(23,24)20(2)14-19(22)21(3)15-7-6-8-17(13-15)25-4/h6-13H,5,14H2,1-4H3. The Kier molecular flexibility index (Phi) is 6.81. The van der Waals surface area contributed by atoms with E-state index in [9.17, 15) is 13.2 Å². The molecule has 2 rings (SSSR count). The summed E-state index contributed by atoms with van der Waals surface area (Å²) in [6.07, 6.45) is 0. The van der Waals surface area contributed by atoms with Gasteiger partial charge < -0.3 is 14.4 Å². The summed E-state index contributed by atoms with van der Waals surface area (Å²) in [4.78, 5) is 14.0. The van der Waals surface area contributed by atoms with Gasteiger partial charge in [-0.2, -0.15) is 4.31 Å². The molecule has 0 aliphatic rings. The maximum Gasteiger partial charge on any atom is 0.243 e. The summed E-state index contributed by atoms with van der Waals surface area (Å²) in [5, 5.41) is 0. The molecule has 0 fully saturated rings. The highest BCUT2D eigenvalue weighted by atomic mass is 32.2. The second-order valence-electron chi connectivity index (χ2n) is 5.82. The molecule has 8 heteroatoms. The van der Waals surface area contributed by atoms with E-state index in [1.807, 2.05) is 6.92 Å². The molecule has 0 spiro atoms. The number of benzene rings is 2. The van der Waals surface area contributed by atoms with Crippen molar-refractivity contribution in [2.45, 2.75) is 11.8 Å². The summed E-state index contributed by atoms with van der Waals surface area (Å²) in [5.41, 5.74) is 0.617. The molecule has 2 aromatic carbocycles. The van der Waals surface area contributed by atoms with Gasteiger partial charge in [0.1, 0.15) is 11.5 Å². The number of rotatable bonds is 8. The van der Waals surface area contributed by atoms with Crippen LogP contribution in [0, 0.1) is 0 Å². The van der Waals surface area contributed by atoms with E-state index in [2.05, 4.69) is 0 Å². The van der Waals surface area contributed by atoms with Crippen LogP contribution in [-0.4, -0.2) is 53.0 Å². The summed E-state index contributed by atoms with van der Waals surface area (Å²) < 4.78 is 36.9. The predicted octanol–water partition coefficient (Wildman–Crippen LogP) is 2.38. The van der Waals surface area contributed by atoms with Crippen molar-refractivity contribution in [1.82, 2.24) is 4.31 Å². The Balaban J connectivity index is 2.11. The SMILES string of the molecule is CCOc1ccc(S(=O)(=O)N(C)CC(=O)N(C)c2cccc(OC)c2)cc1. The van der Waals surface area contributed by atoms with Gasteiger partial charge in [0.2, 0.25) is 15.9 Å². The van der Waals surface area contributed by atoms with Gasteiger partial charge in [0.25, 0.3) is 0 Å². The lowest BCUT2D eigenvalue weighted by Crippen LogP contribution is -2.39. The molecule has 0 radical (unpaired) electrons. The zero-order valence-electron chi connectivity index (χ0n) is 15.9. The molecule has 0 unspecified atom stereocenters. The number of sulfonamides is 1. The minimum Gasteiger partial charge on any atom is -0.497 e. The van der Waals surface area contributed by atoms with Gasteiger partial charge >= 0.3 is 0 Å². The highest BCUT2D eigenvalue weighted by Crippen LogP contribution is 2.21. The molecule has 2 aromatic rings. The van der Waals surface area contributed by atoms with E-state index in [-0.39, 0.29) is 17.3 Å². The normalized spacial score (nSPS) is 11.3. The van der Waals surface area contributed by atoms with Crippen molar-refractivity contribution in [3.05, 3.63) is 48.5 Å². The van der Waals surface area contributed by atoms with Crippen LogP contribution in [0.3, 0.4) is 0 Å². The minimum atomic E-state index is -3.79. The van der Waals surface area contributed by atoms with Gasteiger partial charge in [0.05, 0.1) is 25.2 Å². The number of amides is 1. The Bertz CT molecular complexity index is 881. The first-order valence-electron chi connectivity index (χ1n) is 8.39. The molecule has 27 heavy (non-hydrogen) atoms. The number of carbonyl (C=O) groups excluding carboxylic acids is 1. The molecule has 0 aliphatic carbocycles. The predicted molar refractivity (Wildman–Crippen MR) is 104 cm³/mol. The molecule has 0 saturated carbocycles. The Morgan fingerprint density at radius 1 is 1.04 bits per heavy atom. The first-order valence-corrected chi connectivity index (χ1v) is 9.83. The van der Waals surface area contributed by atoms with E-state index in [4.69, 9.17) is 9.47 Å². The van der Waals surface area contributed by atoms with Crippen molar-refractivity contribution in [3.8, 4) is 11.5 Å². The highest BCUT2D eigenvalue weighted by molar-refractivity contribution is 7.89. The van der Waals surface area contributed by atoms with Crippen molar-refractivity contribution in [2.75, 3.05) is 39.3 Å². The quantitative estimate of drug-likeness (QED) is 0.689. The number of anilines is 1. The van der Waals surface area contributed by atoms with Gasteiger partial charge in [-0.05, 0) is 43.3 Å². The van der Waals surface area contributed by atoms with Crippen molar-refractivity contribution in [3.63, 3.8) is 0 Å². The van der Waals surface area contributed by atoms with Crippen LogP contribution in [-0.2, 0) is 14.8 Å². The van der Waals surface area contributed by atoms with Crippen LogP contribution in [0.4, 0.5) is 5.69 Å². The summed E-state index contributed by atoms with van der Waals surface area (Å²) >= 11 is 0. The Labute approximate surface area is 160 Å². The molecule has 0 aliphatic heterocycles. The van der Waals surface area contributed by atoms with Gasteiger partial charge in [-0.15, -0.1) is 0 Å². The third-order valence-corrected chi connectivity index (χ3v) is 5.83. The molecule has 146 valence electrons. The van der Waals surface area contributed by atoms with E-state index in [1.165, 1.54) is 31.2 Å². The molecule has 0 saturated heterocycles. The fraction of sp³-hybridized carbons (Fsp3) is 0.316. The Morgan fingerprint density at radius 2 is 1.70 bits per heavy atom. The zero-order chi connectivity index (χ0) is 20.0. The topological polar surface area (TPSA) is 76.2 Å². The summed E-state index contributed by atoms with van der Waals surface area (Å²) in [6, 6.07) is 13.1. The third kappa shape index (κ3) is 4.99. The smallest absolute Gasteiger partial charge is 0.243 e. The van der Waals surface area contributed by atoms with E-state index in [0.29, 0.717) is 23.8 Å². The summed E-state index contributed by atoms with van der Waals surface area (Å²) in [5.74, 6) is 0.843. The fourth-order valence-corrected chi connectivity index (χ4v) is 3.52. The Morgan fingerprint density at radius 3 is 2.30 bits per heavy atom. The number of methoxy groups -OCH3 is 1. The van der Waals surface area contributed by atoms with Crippen LogP contribution in [0.1, 0.15) is 6.92 Å². The van der Waals surface area contributed by atoms with Crippen LogP contribution in [0.2, 0.25) is 0 Å². The maximum absolute atomic E-state index is 12.7. The maximum atomic E-state index is 12.7. The lowest BCUT2D eigenvalue weighted by Gasteiger charge is -2.22. The number of nitrogens with zero attached hydrogens (tertiary/aromatic N) is 2. The van der Waals surface area contributed by atoms with Crippen molar-refractivity contribution >= 4 is 21.6 Å². The van der Waals surface area contributed by atoms with Crippen LogP contribution in [0.25, 0.3) is 0 Å². The summed E-state index contributed by atoms with van der Waals surface area (Å²) in [7, 11) is 0.721. The molecule has 0 N–H and O–H groups in total. The lowest BCUT2D eigenvalue weighted by molar-refractivity contribution is -0.118. The largest absolute Gasteiger partial charge is 0.497 e. The lowest BCUT2D eigenvalue weighted by atomic mass is 10.2. The second-order valence-corrected chi connectivity index (χ2v) is 7.86. The molecule has 0 bridgehead atoms. The second kappa shape index (κ2) is 8.88. The molecule has 1 amide bonds. The van der Waals surface area contributed by atoms with Crippen molar-refractivity contribution in [2.24, 2.45) is 0 Å². The zero-order valence-corrected chi connectivity index (χ0v) is 16.7. The van der Waals surface area contributed by atoms with Gasteiger partial charge in [-0.1, -0.05) is 6.07 Å². The molecule has 7 nitrogen and oxygen atoms in total. The van der Waals surface area contributed by atoms with E-state index in [1.54, 1.807) is 43.4 Å². The number of carbonyl (C=O) groups is 1. The van der Waals surface area contributed by atoms with Crippen LogP contribution < -0.4 is 14.4 Å². The molecule has 0 aromatic heterocycles. The van der Waals surface area contributed by atoms with E-state index >= 15 is 0 Å². The first kappa shape index (κ1) is 20.7. The number of ether oxygens (including phenoxy) is 2. The van der Waals surface area contributed by atoms with E-state index in [0.717, 1.165) is 4.31 Å². The van der Waals surface area contributed by atoms with Gasteiger partial charge in [-0.3, -0.25) is 4.79 Å². The molecule has 0 heterocycles. The van der Waals surface area contributed by atoms with Crippen LogP contribution in [0.15, 0.2) is 53.4 Å². The van der Waals surface area contributed by atoms with Crippen LogP contribution in [0.5, 0.6) is 11.5 Å². The highest BCUT2D eigenvalue weighted by Gasteiger charge is 2.24. The average molecular weight is 392 g/mol. The van der Waals surface area contributed by atoms with Gasteiger partial charge in [0.15, 0.2) is 0 Å². The van der Waals surface area contributed by atoms with E-state index < -0.39 is 10.0 Å². The Hall–Kier alpha value is -2.58.